The van der Waals surface area contributed by atoms with Gasteiger partial charge in [0.25, 0.3) is 0 Å². The van der Waals surface area contributed by atoms with Crippen molar-refractivity contribution in [1.82, 2.24) is 9.38 Å². The van der Waals surface area contributed by atoms with Crippen LogP contribution in [-0.2, 0) is 0 Å². The van der Waals surface area contributed by atoms with Gasteiger partial charge in [0, 0.05) is 16.7 Å². The Hall–Kier alpha value is -3.47. The van der Waals surface area contributed by atoms with E-state index >= 15 is 0 Å². The normalized spacial score (nSPS) is 12.2. The molecule has 2 heterocycles. The van der Waals surface area contributed by atoms with Gasteiger partial charge in [-0.1, -0.05) is 60.2 Å². The van der Waals surface area contributed by atoms with E-state index in [-0.39, 0.29) is 11.5 Å². The number of fused-ring (bicyclic) bond motifs is 1. The van der Waals surface area contributed by atoms with E-state index < -0.39 is 5.92 Å². The van der Waals surface area contributed by atoms with Gasteiger partial charge in [-0.25, -0.2) is 4.98 Å². The first-order chi connectivity index (χ1) is 13.1. The van der Waals surface area contributed by atoms with Crippen LogP contribution in [0.4, 0.5) is 0 Å². The Morgan fingerprint density at radius 2 is 1.81 bits per heavy atom. The zero-order valence-electron chi connectivity index (χ0n) is 14.9. The molecule has 0 amide bonds. The van der Waals surface area contributed by atoms with Crippen LogP contribution in [0.15, 0.2) is 79.0 Å². The standard InChI is InChI=1S/C22H19N3O2/c1-16-8-7-11-18(14-16)21-22(24-13-6-5-12-20(24)23-21)19(15-25(26)27)17-9-3-2-4-10-17/h2-14,19H,15H2,1H3. The third-order valence-electron chi connectivity index (χ3n) is 4.72. The van der Waals surface area contributed by atoms with Gasteiger partial charge in [-0.2, -0.15) is 0 Å². The molecule has 4 aromatic rings. The summed E-state index contributed by atoms with van der Waals surface area (Å²) in [5.74, 6) is -0.394. The van der Waals surface area contributed by atoms with Crippen molar-refractivity contribution in [1.29, 1.82) is 0 Å². The van der Waals surface area contributed by atoms with Gasteiger partial charge in [-0.15, -0.1) is 0 Å². The van der Waals surface area contributed by atoms with Crippen LogP contribution in [0.5, 0.6) is 0 Å². The van der Waals surface area contributed by atoms with Gasteiger partial charge < -0.3 is 4.40 Å². The number of pyridine rings is 1. The molecule has 2 aromatic heterocycles. The van der Waals surface area contributed by atoms with Gasteiger partial charge in [0.05, 0.1) is 17.3 Å². The summed E-state index contributed by atoms with van der Waals surface area (Å²) in [4.78, 5) is 16.1. The van der Waals surface area contributed by atoms with Crippen molar-refractivity contribution < 1.29 is 4.92 Å². The second-order valence-corrected chi connectivity index (χ2v) is 6.62. The monoisotopic (exact) mass is 357 g/mol. The van der Waals surface area contributed by atoms with Crippen molar-refractivity contribution >= 4 is 5.65 Å². The zero-order chi connectivity index (χ0) is 18.8. The molecule has 0 aliphatic rings. The lowest BCUT2D eigenvalue weighted by molar-refractivity contribution is -0.482. The molecule has 5 heteroatoms. The quantitative estimate of drug-likeness (QED) is 0.384. The van der Waals surface area contributed by atoms with E-state index in [1.165, 1.54) is 0 Å². The SMILES string of the molecule is Cc1cccc(-c2nc3ccccn3c2C(C[N+](=O)[O-])c2ccccc2)c1. The van der Waals surface area contributed by atoms with Crippen LogP contribution in [0.25, 0.3) is 16.9 Å². The molecule has 2 aromatic carbocycles. The fourth-order valence-electron chi connectivity index (χ4n) is 3.54. The summed E-state index contributed by atoms with van der Waals surface area (Å²) >= 11 is 0. The summed E-state index contributed by atoms with van der Waals surface area (Å²) in [6, 6.07) is 23.5. The Balaban J connectivity index is 2.00. The maximum Gasteiger partial charge on any atom is 0.216 e. The van der Waals surface area contributed by atoms with Crippen molar-refractivity contribution in [3.8, 4) is 11.3 Å². The van der Waals surface area contributed by atoms with Crippen molar-refractivity contribution in [3.63, 3.8) is 0 Å². The van der Waals surface area contributed by atoms with Crippen LogP contribution in [0, 0.1) is 17.0 Å². The number of aromatic nitrogens is 2. The highest BCUT2D eigenvalue weighted by Gasteiger charge is 2.28. The van der Waals surface area contributed by atoms with Crippen LogP contribution in [-0.4, -0.2) is 20.9 Å². The molecule has 1 unspecified atom stereocenters. The predicted molar refractivity (Wildman–Crippen MR) is 106 cm³/mol. The second kappa shape index (κ2) is 7.03. The van der Waals surface area contributed by atoms with Gasteiger partial charge in [-0.05, 0) is 30.7 Å². The first-order valence-electron chi connectivity index (χ1n) is 8.84. The van der Waals surface area contributed by atoms with E-state index in [4.69, 9.17) is 4.98 Å². The van der Waals surface area contributed by atoms with Crippen molar-refractivity contribution in [2.24, 2.45) is 0 Å². The maximum absolute atomic E-state index is 11.5. The average Bonchev–Trinajstić information content (AvgIpc) is 3.06. The minimum atomic E-state index is -0.394. The van der Waals surface area contributed by atoms with Gasteiger partial charge in [0.2, 0.25) is 6.54 Å². The van der Waals surface area contributed by atoms with E-state index in [2.05, 4.69) is 6.07 Å². The molecule has 0 fully saturated rings. The van der Waals surface area contributed by atoms with Gasteiger partial charge in [0.15, 0.2) is 0 Å². The molecule has 0 N–H and O–H groups in total. The molecule has 0 spiro atoms. The van der Waals surface area contributed by atoms with E-state index in [1.807, 2.05) is 84.3 Å². The molecular weight excluding hydrogens is 338 g/mol. The molecule has 134 valence electrons. The molecule has 27 heavy (non-hydrogen) atoms. The molecule has 0 saturated heterocycles. The van der Waals surface area contributed by atoms with E-state index in [9.17, 15) is 10.1 Å². The van der Waals surface area contributed by atoms with E-state index in [0.717, 1.165) is 33.7 Å². The molecule has 0 bridgehead atoms. The Kier molecular flexibility index (Phi) is 4.42. The fraction of sp³-hybridized carbons (Fsp3) is 0.136. The smallest absolute Gasteiger partial charge is 0.216 e. The molecule has 0 saturated carbocycles. The van der Waals surface area contributed by atoms with Crippen LogP contribution in [0.3, 0.4) is 0 Å². The van der Waals surface area contributed by atoms with Gasteiger partial charge in [-0.3, -0.25) is 10.1 Å². The van der Waals surface area contributed by atoms with E-state index in [0.29, 0.717) is 0 Å². The summed E-state index contributed by atoms with van der Waals surface area (Å²) in [7, 11) is 0. The summed E-state index contributed by atoms with van der Waals surface area (Å²) in [5.41, 5.74) is 5.43. The molecule has 1 atom stereocenters. The highest BCUT2D eigenvalue weighted by atomic mass is 16.6. The first-order valence-corrected chi connectivity index (χ1v) is 8.84. The second-order valence-electron chi connectivity index (χ2n) is 6.62. The predicted octanol–water partition coefficient (Wildman–Crippen LogP) is 4.72. The van der Waals surface area contributed by atoms with Crippen molar-refractivity contribution in [3.05, 3.63) is 106 Å². The van der Waals surface area contributed by atoms with Crippen molar-refractivity contribution in [2.45, 2.75) is 12.8 Å². The third kappa shape index (κ3) is 3.31. The Labute approximate surface area is 157 Å². The summed E-state index contributed by atoms with van der Waals surface area (Å²) in [5, 5.41) is 11.5. The largest absolute Gasteiger partial charge is 0.303 e. The summed E-state index contributed by atoms with van der Waals surface area (Å²) in [6.07, 6.45) is 1.92. The van der Waals surface area contributed by atoms with Crippen molar-refractivity contribution in [2.75, 3.05) is 6.54 Å². The molecule has 5 nitrogen and oxygen atoms in total. The number of imidazole rings is 1. The van der Waals surface area contributed by atoms with Crippen LogP contribution in [0.2, 0.25) is 0 Å². The Bertz CT molecular complexity index is 1100. The minimum absolute atomic E-state index is 0.189. The molecule has 0 aliphatic carbocycles. The highest BCUT2D eigenvalue weighted by molar-refractivity contribution is 5.68. The zero-order valence-corrected chi connectivity index (χ0v) is 14.9. The Morgan fingerprint density at radius 1 is 1.04 bits per heavy atom. The Morgan fingerprint density at radius 3 is 2.56 bits per heavy atom. The lowest BCUT2D eigenvalue weighted by Gasteiger charge is -2.16. The topological polar surface area (TPSA) is 60.4 Å². The lowest BCUT2D eigenvalue weighted by Crippen LogP contribution is -2.16. The van der Waals surface area contributed by atoms with Gasteiger partial charge >= 0.3 is 0 Å². The average molecular weight is 357 g/mol. The summed E-state index contributed by atoms with van der Waals surface area (Å²) in [6.45, 7) is 1.84. The molecule has 0 radical (unpaired) electrons. The number of nitro groups is 1. The maximum atomic E-state index is 11.5. The molecule has 0 aliphatic heterocycles. The highest BCUT2D eigenvalue weighted by Crippen LogP contribution is 2.34. The lowest BCUT2D eigenvalue weighted by atomic mass is 9.92. The number of hydrogen-bond acceptors (Lipinski definition) is 3. The number of hydrogen-bond donors (Lipinski definition) is 0. The van der Waals surface area contributed by atoms with Crippen LogP contribution in [0.1, 0.15) is 22.7 Å². The van der Waals surface area contributed by atoms with Gasteiger partial charge in [0.1, 0.15) is 5.65 Å². The number of nitrogens with zero attached hydrogens (tertiary/aromatic N) is 3. The minimum Gasteiger partial charge on any atom is -0.303 e. The van der Waals surface area contributed by atoms with E-state index in [1.54, 1.807) is 0 Å². The fourth-order valence-corrected chi connectivity index (χ4v) is 3.54. The molecule has 4 rings (SSSR count). The van der Waals surface area contributed by atoms with Crippen LogP contribution >= 0.6 is 0 Å². The third-order valence-corrected chi connectivity index (χ3v) is 4.72. The number of benzene rings is 2. The molecular formula is C22H19N3O2. The summed E-state index contributed by atoms with van der Waals surface area (Å²) < 4.78 is 1.97. The van der Waals surface area contributed by atoms with Crippen LogP contribution < -0.4 is 0 Å². The first kappa shape index (κ1) is 17.0. The number of rotatable bonds is 5. The number of aryl methyl sites for hydroxylation is 1.